The highest BCUT2D eigenvalue weighted by Crippen LogP contribution is 2.34. The molecule has 5 heterocycles. The number of fused-ring (bicyclic) bond motifs is 13. The number of nitrogens with zero attached hydrogens (tertiary/aromatic N) is 3. The summed E-state index contributed by atoms with van der Waals surface area (Å²) >= 11 is 0. The van der Waals surface area contributed by atoms with E-state index in [2.05, 4.69) is 52.2 Å². The van der Waals surface area contributed by atoms with Crippen LogP contribution in [0.4, 0.5) is 0 Å². The van der Waals surface area contributed by atoms with Crippen LogP contribution in [0.25, 0.3) is 16.7 Å². The Morgan fingerprint density at radius 3 is 2.21 bits per heavy atom. The second-order valence-corrected chi connectivity index (χ2v) is 18.7. The Morgan fingerprint density at radius 2 is 1.57 bits per heavy atom. The molecule has 2 aromatic heterocycles. The van der Waals surface area contributed by atoms with Gasteiger partial charge in [0.2, 0.25) is 41.4 Å². The van der Waals surface area contributed by atoms with Crippen molar-refractivity contribution in [1.29, 1.82) is 0 Å². The first-order valence-corrected chi connectivity index (χ1v) is 22.8. The van der Waals surface area contributed by atoms with Crippen LogP contribution in [0.5, 0.6) is 0 Å². The SMILES string of the molecule is CC(C)CC1NC(=O)C(NC(=O)C(C)N)C(C(C)C)c2ccc3c4c([nH]c3c2)-n2cnc(c2)CC(C(=O)O)NC(=O)CNC(=O)C(CCCN=C(N)N)NC(=O)C(C4)NC(=O)C(C(C)C)NC1=O. The van der Waals surface area contributed by atoms with E-state index in [1.54, 1.807) is 42.8 Å². The van der Waals surface area contributed by atoms with E-state index in [0.717, 1.165) is 0 Å². The van der Waals surface area contributed by atoms with E-state index in [9.17, 15) is 43.5 Å². The molecule has 8 unspecified atom stereocenters. The third-order valence-electron chi connectivity index (χ3n) is 11.9. The summed E-state index contributed by atoms with van der Waals surface area (Å²) < 4.78 is 1.58. The first-order chi connectivity index (χ1) is 32.0. The molecule has 7 bridgehead atoms. The van der Waals surface area contributed by atoms with Crippen molar-refractivity contribution in [2.45, 2.75) is 129 Å². The van der Waals surface area contributed by atoms with E-state index < -0.39 is 108 Å². The van der Waals surface area contributed by atoms with Crippen LogP contribution >= 0.6 is 0 Å². The number of hydrogen-bond donors (Lipinski definition) is 12. The molecule has 370 valence electrons. The highest BCUT2D eigenvalue weighted by molar-refractivity contribution is 5.98. The molecular formula is C45H66N14O9. The lowest BCUT2D eigenvalue weighted by Crippen LogP contribution is -2.61. The predicted octanol–water partition coefficient (Wildman–Crippen LogP) is -1.58. The topological polar surface area (TPSA) is 365 Å². The molecule has 1 aromatic carbocycles. The van der Waals surface area contributed by atoms with Crippen LogP contribution in [-0.2, 0) is 51.2 Å². The van der Waals surface area contributed by atoms with Crippen molar-refractivity contribution in [3.63, 3.8) is 0 Å². The number of aliphatic carboxylic acids is 1. The first-order valence-electron chi connectivity index (χ1n) is 22.8. The second-order valence-electron chi connectivity index (χ2n) is 18.7. The smallest absolute Gasteiger partial charge is 0.326 e. The monoisotopic (exact) mass is 947 g/mol. The van der Waals surface area contributed by atoms with Crippen LogP contribution in [0.3, 0.4) is 0 Å². The molecule has 23 nitrogen and oxygen atoms in total. The van der Waals surface area contributed by atoms with Gasteiger partial charge in [-0.05, 0) is 55.6 Å². The summed E-state index contributed by atoms with van der Waals surface area (Å²) in [6.45, 7) is 11.8. The standard InChI is InChI=1S/C45H66N14O9/c1-20(2)13-30-41(64)57-35(22(5)6)42(65)56-31-16-27-26-11-10-24(34(21(3)4)36(43(66)55-30)58-38(61)23(7)46)14-29(26)53-37(27)59-18-25(51-19-59)15-32(44(67)68)52-33(60)17-50-39(62)28(54-40(31)63)9-8-12-49-45(47)48/h10-11,14,18-23,28,30-32,34-36,53H,8-9,12-13,15-17,46H2,1-7H3,(H,50,62)(H,52,60)(H,54,63)(H,55,66)(H,56,65)(H,57,64)(H,58,61)(H,67,68)(H4,47,48,49). The summed E-state index contributed by atoms with van der Waals surface area (Å²) in [5.74, 6) is -7.93. The van der Waals surface area contributed by atoms with Crippen LogP contribution in [0.1, 0.15) is 90.5 Å². The molecule has 3 aliphatic heterocycles. The van der Waals surface area contributed by atoms with E-state index >= 15 is 0 Å². The largest absolute Gasteiger partial charge is 0.480 e. The zero-order valence-electron chi connectivity index (χ0n) is 39.5. The van der Waals surface area contributed by atoms with Gasteiger partial charge < -0.3 is 64.5 Å². The van der Waals surface area contributed by atoms with Crippen LogP contribution in [0.15, 0.2) is 35.7 Å². The van der Waals surface area contributed by atoms with Gasteiger partial charge in [-0.2, -0.15) is 0 Å². The van der Waals surface area contributed by atoms with Crippen LogP contribution in [0, 0.1) is 17.8 Å². The number of benzene rings is 1. The Balaban J connectivity index is 1.78. The molecule has 3 aliphatic rings. The summed E-state index contributed by atoms with van der Waals surface area (Å²) in [6, 6.07) is -3.42. The highest BCUT2D eigenvalue weighted by atomic mass is 16.4. The average Bonchev–Trinajstić information content (AvgIpc) is 3.87. The molecule has 0 radical (unpaired) electrons. The van der Waals surface area contributed by atoms with E-state index in [-0.39, 0.29) is 62.1 Å². The Morgan fingerprint density at radius 1 is 0.868 bits per heavy atom. The Bertz CT molecular complexity index is 2400. The van der Waals surface area contributed by atoms with Crippen molar-refractivity contribution in [1.82, 2.24) is 51.8 Å². The van der Waals surface area contributed by atoms with Gasteiger partial charge in [-0.1, -0.05) is 53.7 Å². The lowest BCUT2D eigenvalue weighted by Gasteiger charge is -2.33. The van der Waals surface area contributed by atoms with Gasteiger partial charge >= 0.3 is 5.97 Å². The normalized spacial score (nSPS) is 23.8. The second kappa shape index (κ2) is 22.6. The fraction of sp³-hybridized carbons (Fsp3) is 0.556. The number of carbonyl (C=O) groups excluding carboxylic acids is 7. The third kappa shape index (κ3) is 13.1. The minimum absolute atomic E-state index is 0.0245. The summed E-state index contributed by atoms with van der Waals surface area (Å²) in [6.07, 6.45) is 2.86. The number of carboxylic acid groups (broad SMARTS) is 1. The van der Waals surface area contributed by atoms with Gasteiger partial charge in [0.25, 0.3) is 0 Å². The molecule has 6 rings (SSSR count). The molecule has 0 fully saturated rings. The molecule has 23 heteroatoms. The zero-order valence-corrected chi connectivity index (χ0v) is 39.5. The molecule has 0 saturated heterocycles. The molecule has 8 atom stereocenters. The average molecular weight is 947 g/mol. The molecule has 7 amide bonds. The molecule has 3 aromatic rings. The van der Waals surface area contributed by atoms with E-state index in [1.807, 2.05) is 27.7 Å². The summed E-state index contributed by atoms with van der Waals surface area (Å²) in [5, 5.41) is 29.6. The number of guanidine groups is 1. The fourth-order valence-electron chi connectivity index (χ4n) is 8.47. The van der Waals surface area contributed by atoms with Gasteiger partial charge in [0.15, 0.2) is 5.96 Å². The molecule has 0 aliphatic carbocycles. The van der Waals surface area contributed by atoms with Gasteiger partial charge in [0, 0.05) is 48.0 Å². The number of carboxylic acids is 1. The minimum Gasteiger partial charge on any atom is -0.480 e. The molecular weight excluding hydrogens is 881 g/mol. The van der Waals surface area contributed by atoms with Crippen molar-refractivity contribution >= 4 is 64.2 Å². The summed E-state index contributed by atoms with van der Waals surface area (Å²) in [7, 11) is 0. The van der Waals surface area contributed by atoms with Crippen molar-refractivity contribution < 1.29 is 43.5 Å². The number of nitrogens with one attached hydrogen (secondary N) is 8. The first kappa shape index (κ1) is 51.9. The Hall–Kier alpha value is -7.04. The van der Waals surface area contributed by atoms with Gasteiger partial charge in [0.1, 0.15) is 48.4 Å². The molecule has 0 spiro atoms. The van der Waals surface area contributed by atoms with Crippen molar-refractivity contribution in [2.24, 2.45) is 39.9 Å². The van der Waals surface area contributed by atoms with E-state index in [1.165, 1.54) is 13.3 Å². The fourth-order valence-corrected chi connectivity index (χ4v) is 8.47. The summed E-state index contributed by atoms with van der Waals surface area (Å²) in [4.78, 5) is 123. The van der Waals surface area contributed by atoms with Crippen molar-refractivity contribution in [3.05, 3.63) is 47.5 Å². The number of rotatable bonds is 11. The lowest BCUT2D eigenvalue weighted by molar-refractivity contribution is -0.141. The third-order valence-corrected chi connectivity index (χ3v) is 11.9. The van der Waals surface area contributed by atoms with E-state index in [4.69, 9.17) is 17.2 Å². The Kier molecular flexibility index (Phi) is 17.3. The van der Waals surface area contributed by atoms with Gasteiger partial charge in [0.05, 0.1) is 18.3 Å². The molecule has 0 saturated carbocycles. The number of amides is 7. The van der Waals surface area contributed by atoms with Crippen molar-refractivity contribution in [2.75, 3.05) is 13.1 Å². The van der Waals surface area contributed by atoms with E-state index in [0.29, 0.717) is 27.8 Å². The number of hydrogen-bond acceptors (Lipinski definition) is 11. The minimum atomic E-state index is -1.44. The van der Waals surface area contributed by atoms with Crippen LogP contribution in [-0.4, -0.2) is 128 Å². The number of aromatic nitrogens is 3. The predicted molar refractivity (Wildman–Crippen MR) is 250 cm³/mol. The number of aliphatic imine (C=N–C) groups is 1. The highest BCUT2D eigenvalue weighted by Gasteiger charge is 2.39. The summed E-state index contributed by atoms with van der Waals surface area (Å²) in [5.41, 5.74) is 18.9. The number of H-pyrrole nitrogens is 1. The van der Waals surface area contributed by atoms with Gasteiger partial charge in [-0.3, -0.25) is 43.1 Å². The maximum Gasteiger partial charge on any atom is 0.326 e. The number of nitrogens with two attached hydrogens (primary N) is 3. The number of imidazole rings is 1. The zero-order chi connectivity index (χ0) is 50.1. The molecule has 68 heavy (non-hydrogen) atoms. The van der Waals surface area contributed by atoms with Gasteiger partial charge in [-0.15, -0.1) is 0 Å². The van der Waals surface area contributed by atoms with Gasteiger partial charge in [-0.25, -0.2) is 9.78 Å². The van der Waals surface area contributed by atoms with Crippen LogP contribution in [0.2, 0.25) is 0 Å². The lowest BCUT2D eigenvalue weighted by atomic mass is 9.81. The van der Waals surface area contributed by atoms with Crippen molar-refractivity contribution in [3.8, 4) is 5.82 Å². The quantitative estimate of drug-likeness (QED) is 0.0448. The number of aromatic amines is 1. The van der Waals surface area contributed by atoms with Crippen LogP contribution < -0.4 is 54.4 Å². The maximum absolute atomic E-state index is 14.8. The Labute approximate surface area is 393 Å². The number of carbonyl (C=O) groups is 8. The molecule has 15 N–H and O–H groups in total. The maximum atomic E-state index is 14.8.